The first-order valence-corrected chi connectivity index (χ1v) is 15.0. The normalized spacial score (nSPS) is 19.3. The first kappa shape index (κ1) is 25.7. The lowest BCUT2D eigenvalue weighted by Gasteiger charge is -2.38. The maximum atomic E-state index is 13.4. The molecule has 1 amide bonds. The topological polar surface area (TPSA) is 54.5 Å². The molecular weight excluding hydrogens is 422 g/mol. The lowest BCUT2D eigenvalue weighted by Crippen LogP contribution is -2.43. The summed E-state index contributed by atoms with van der Waals surface area (Å²) in [6, 6.07) is 6.27. The van der Waals surface area contributed by atoms with Crippen molar-refractivity contribution in [3.63, 3.8) is 0 Å². The van der Waals surface area contributed by atoms with Crippen LogP contribution in [0.15, 0.2) is 29.2 Å². The molecule has 0 radical (unpaired) electrons. The minimum absolute atomic E-state index is 0.164. The highest BCUT2D eigenvalue weighted by Gasteiger charge is 2.50. The molecule has 0 aromatic heterocycles. The molecule has 0 spiro atoms. The van der Waals surface area contributed by atoms with Crippen molar-refractivity contribution in [1.82, 2.24) is 4.31 Å². The summed E-state index contributed by atoms with van der Waals surface area (Å²) in [5.41, 5.74) is 5.46. The van der Waals surface area contributed by atoms with Crippen molar-refractivity contribution in [2.24, 2.45) is 5.41 Å². The molecule has 1 aromatic rings. The molecular formula is C25H39NO3SSi. The van der Waals surface area contributed by atoms with E-state index >= 15 is 0 Å². The summed E-state index contributed by atoms with van der Waals surface area (Å²) in [5, 5.41) is 0. The van der Waals surface area contributed by atoms with Gasteiger partial charge in [-0.3, -0.25) is 4.79 Å². The van der Waals surface area contributed by atoms with Crippen LogP contribution in [0.2, 0.25) is 16.6 Å². The second-order valence-electron chi connectivity index (χ2n) is 10.6. The number of nitrogens with zero attached hydrogens (tertiary/aromatic N) is 1. The first-order valence-electron chi connectivity index (χ1n) is 11.3. The van der Waals surface area contributed by atoms with Crippen LogP contribution >= 0.6 is 0 Å². The Labute approximate surface area is 190 Å². The third-order valence-corrected chi connectivity index (χ3v) is 15.1. The molecule has 1 fully saturated rings. The van der Waals surface area contributed by atoms with Crippen LogP contribution < -0.4 is 0 Å². The van der Waals surface area contributed by atoms with Crippen LogP contribution in [0.1, 0.15) is 73.8 Å². The van der Waals surface area contributed by atoms with Crippen molar-refractivity contribution in [2.75, 3.05) is 0 Å². The summed E-state index contributed by atoms with van der Waals surface area (Å²) in [5.74, 6) is 3.05. The van der Waals surface area contributed by atoms with Crippen molar-refractivity contribution in [3.05, 3.63) is 29.8 Å². The van der Waals surface area contributed by atoms with E-state index in [1.165, 1.54) is 0 Å². The fourth-order valence-corrected chi connectivity index (χ4v) is 12.3. The summed E-state index contributed by atoms with van der Waals surface area (Å²) in [6.07, 6.45) is 0.881. The molecule has 0 aliphatic carbocycles. The molecule has 1 atom stereocenters. The van der Waals surface area contributed by atoms with Gasteiger partial charge in [0.15, 0.2) is 0 Å². The number of amides is 1. The van der Waals surface area contributed by atoms with E-state index in [9.17, 15) is 13.2 Å². The maximum Gasteiger partial charge on any atom is 0.266 e. The van der Waals surface area contributed by atoms with Crippen LogP contribution in [-0.2, 0) is 14.8 Å². The van der Waals surface area contributed by atoms with Gasteiger partial charge >= 0.3 is 0 Å². The number of hydrogen-bond donors (Lipinski definition) is 0. The van der Waals surface area contributed by atoms with Gasteiger partial charge in [-0.1, -0.05) is 73.1 Å². The van der Waals surface area contributed by atoms with Gasteiger partial charge in [0.1, 0.15) is 8.07 Å². The molecule has 1 aliphatic heterocycles. The molecule has 1 saturated heterocycles. The van der Waals surface area contributed by atoms with E-state index in [1.54, 1.807) is 24.3 Å². The highest BCUT2D eigenvalue weighted by Crippen LogP contribution is 2.42. The van der Waals surface area contributed by atoms with Crippen molar-refractivity contribution in [2.45, 2.75) is 103 Å². The number of benzene rings is 1. The van der Waals surface area contributed by atoms with E-state index < -0.39 is 29.6 Å². The van der Waals surface area contributed by atoms with Gasteiger partial charge in [0.05, 0.1) is 10.9 Å². The molecule has 4 nitrogen and oxygen atoms in total. The van der Waals surface area contributed by atoms with E-state index in [1.807, 2.05) is 20.8 Å². The Morgan fingerprint density at radius 2 is 1.52 bits per heavy atom. The number of carbonyl (C=O) groups is 1. The van der Waals surface area contributed by atoms with Gasteiger partial charge in [0.2, 0.25) is 5.91 Å². The predicted octanol–water partition coefficient (Wildman–Crippen LogP) is 5.92. The third-order valence-electron chi connectivity index (χ3n) is 6.94. The standard InChI is InChI=1S/C25H39NO3SSi/c1-18(2)31(19(3)4,20(5)6)16-10-11-22-17-25(8,9)24(27)26(22)30(28,29)23-14-12-21(7)13-15-23/h12-15,18-20,22H,11,17H2,1-9H3. The fraction of sp³-hybridized carbons (Fsp3) is 0.640. The van der Waals surface area contributed by atoms with E-state index in [2.05, 4.69) is 53.0 Å². The zero-order chi connectivity index (χ0) is 23.8. The third kappa shape index (κ3) is 4.78. The van der Waals surface area contributed by atoms with Gasteiger partial charge in [-0.15, -0.1) is 11.5 Å². The molecule has 1 aromatic carbocycles. The van der Waals surface area contributed by atoms with Crippen LogP contribution in [0, 0.1) is 23.8 Å². The average Bonchev–Trinajstić information content (AvgIpc) is 2.87. The Hall–Kier alpha value is -1.58. The van der Waals surface area contributed by atoms with Gasteiger partial charge in [0.25, 0.3) is 10.0 Å². The van der Waals surface area contributed by atoms with Crippen LogP contribution in [0.25, 0.3) is 0 Å². The Kier molecular flexibility index (Phi) is 7.55. The number of sulfonamides is 1. The van der Waals surface area contributed by atoms with E-state index in [4.69, 9.17) is 0 Å². The second kappa shape index (κ2) is 9.11. The minimum Gasteiger partial charge on any atom is -0.273 e. The maximum absolute atomic E-state index is 13.4. The van der Waals surface area contributed by atoms with Crippen molar-refractivity contribution in [1.29, 1.82) is 0 Å². The van der Waals surface area contributed by atoms with Crippen LogP contribution in [-0.4, -0.2) is 32.7 Å². The molecule has 2 rings (SSSR count). The number of carbonyl (C=O) groups excluding carboxylic acids is 1. The molecule has 1 aliphatic rings. The van der Waals surface area contributed by atoms with Crippen molar-refractivity contribution < 1.29 is 13.2 Å². The average molecular weight is 462 g/mol. The number of aryl methyl sites for hydroxylation is 1. The first-order chi connectivity index (χ1) is 14.2. The molecule has 1 heterocycles. The lowest BCUT2D eigenvalue weighted by molar-refractivity contribution is -0.131. The highest BCUT2D eigenvalue weighted by molar-refractivity contribution is 7.89. The Morgan fingerprint density at radius 3 is 1.97 bits per heavy atom. The van der Waals surface area contributed by atoms with Gasteiger partial charge < -0.3 is 0 Å². The largest absolute Gasteiger partial charge is 0.273 e. The Balaban J connectivity index is 2.45. The summed E-state index contributed by atoms with van der Waals surface area (Å²) in [6.45, 7) is 19.1. The van der Waals surface area contributed by atoms with Gasteiger partial charge in [-0.2, -0.15) is 0 Å². The number of rotatable bonds is 6. The van der Waals surface area contributed by atoms with Gasteiger partial charge in [-0.25, -0.2) is 12.7 Å². The zero-order valence-corrected chi connectivity index (χ0v) is 22.4. The van der Waals surface area contributed by atoms with Crippen LogP contribution in [0.5, 0.6) is 0 Å². The predicted molar refractivity (Wildman–Crippen MR) is 131 cm³/mol. The monoisotopic (exact) mass is 461 g/mol. The van der Waals surface area contributed by atoms with Gasteiger partial charge in [0, 0.05) is 11.8 Å². The smallest absolute Gasteiger partial charge is 0.266 e. The van der Waals surface area contributed by atoms with E-state index in [0.717, 1.165) is 9.87 Å². The van der Waals surface area contributed by atoms with E-state index in [0.29, 0.717) is 29.5 Å². The molecule has 0 saturated carbocycles. The van der Waals surface area contributed by atoms with Gasteiger partial charge in [-0.05, 0) is 42.1 Å². The summed E-state index contributed by atoms with van der Waals surface area (Å²) in [4.78, 5) is 13.3. The molecule has 1 unspecified atom stereocenters. The second-order valence-corrected chi connectivity index (χ2v) is 18.0. The fourth-order valence-electron chi connectivity index (χ4n) is 5.26. The minimum atomic E-state index is -3.91. The van der Waals surface area contributed by atoms with E-state index in [-0.39, 0.29) is 10.8 Å². The quantitative estimate of drug-likeness (QED) is 0.390. The summed E-state index contributed by atoms with van der Waals surface area (Å²) in [7, 11) is -5.82. The lowest BCUT2D eigenvalue weighted by atomic mass is 9.89. The van der Waals surface area contributed by atoms with Crippen molar-refractivity contribution in [3.8, 4) is 11.5 Å². The molecule has 6 heteroatoms. The van der Waals surface area contributed by atoms with Crippen LogP contribution in [0.3, 0.4) is 0 Å². The molecule has 0 N–H and O–H groups in total. The summed E-state index contributed by atoms with van der Waals surface area (Å²) >= 11 is 0. The Morgan fingerprint density at radius 1 is 1.03 bits per heavy atom. The van der Waals surface area contributed by atoms with Crippen molar-refractivity contribution >= 4 is 24.0 Å². The molecule has 172 valence electrons. The molecule has 31 heavy (non-hydrogen) atoms. The summed E-state index contributed by atoms with van der Waals surface area (Å²) < 4.78 is 27.9. The Bertz CT molecular complexity index is 944. The SMILES string of the molecule is Cc1ccc(S(=O)(=O)N2C(=O)C(C)(C)CC2CC#C[Si](C(C)C)(C(C)C)C(C)C)cc1. The number of hydrogen-bond acceptors (Lipinski definition) is 3. The van der Waals surface area contributed by atoms with Crippen LogP contribution in [0.4, 0.5) is 0 Å². The highest BCUT2D eigenvalue weighted by atomic mass is 32.2. The zero-order valence-electron chi connectivity index (χ0n) is 20.6. The molecule has 0 bridgehead atoms.